The summed E-state index contributed by atoms with van der Waals surface area (Å²) in [5.41, 5.74) is 1.09. The van der Waals surface area contributed by atoms with Crippen LogP contribution in [0, 0.1) is 6.92 Å². The van der Waals surface area contributed by atoms with Crippen molar-refractivity contribution in [1.29, 1.82) is 0 Å². The summed E-state index contributed by atoms with van der Waals surface area (Å²) in [5.74, 6) is -2.10. The Kier molecular flexibility index (Phi) is 3.50. The second kappa shape index (κ2) is 5.49. The Morgan fingerprint density at radius 2 is 1.83 bits per heavy atom. The van der Waals surface area contributed by atoms with Crippen LogP contribution in [0.4, 0.5) is 0 Å². The Morgan fingerprint density at radius 3 is 2.39 bits per heavy atom. The van der Waals surface area contributed by atoms with Crippen molar-refractivity contribution < 1.29 is 24.6 Å². The Hall–Kier alpha value is -3.28. The lowest BCUT2D eigenvalue weighted by atomic mass is 9.94. The second-order valence-electron chi connectivity index (χ2n) is 5.05. The second-order valence-corrected chi connectivity index (χ2v) is 5.05. The normalized spacial score (nSPS) is 10.7. The molecule has 3 rings (SSSR count). The van der Waals surface area contributed by atoms with Gasteiger partial charge < -0.3 is 19.8 Å². The first-order chi connectivity index (χ1) is 11.0. The molecule has 0 fully saturated rings. The average Bonchev–Trinajstić information content (AvgIpc) is 2.96. The maximum Gasteiger partial charge on any atom is 0.336 e. The van der Waals surface area contributed by atoms with E-state index in [9.17, 15) is 20.1 Å². The third-order valence-electron chi connectivity index (χ3n) is 3.57. The van der Waals surface area contributed by atoms with Crippen LogP contribution in [0.3, 0.4) is 0 Å². The number of aromatic hydroxyl groups is 2. The molecule has 116 valence electrons. The van der Waals surface area contributed by atoms with Crippen LogP contribution in [-0.4, -0.2) is 26.4 Å². The Bertz CT molecular complexity index is 883. The van der Waals surface area contributed by atoms with Crippen molar-refractivity contribution in [2.45, 2.75) is 6.92 Å². The van der Waals surface area contributed by atoms with Crippen molar-refractivity contribution in [2.24, 2.45) is 0 Å². The molecule has 1 heterocycles. The summed E-state index contributed by atoms with van der Waals surface area (Å²) in [7, 11) is 0. The van der Waals surface area contributed by atoms with Crippen LogP contribution in [-0.2, 0) is 0 Å². The van der Waals surface area contributed by atoms with Crippen LogP contribution in [0.5, 0.6) is 11.5 Å². The van der Waals surface area contributed by atoms with Gasteiger partial charge in [0.15, 0.2) is 17.3 Å². The molecule has 3 N–H and O–H groups in total. The van der Waals surface area contributed by atoms with Crippen molar-refractivity contribution in [1.82, 2.24) is 5.16 Å². The van der Waals surface area contributed by atoms with Crippen molar-refractivity contribution in [3.05, 3.63) is 53.7 Å². The highest BCUT2D eigenvalue weighted by molar-refractivity contribution is 6.01. The van der Waals surface area contributed by atoms with Crippen LogP contribution in [0.15, 0.2) is 47.1 Å². The molecule has 0 unspecified atom stereocenters. The first-order valence-corrected chi connectivity index (χ1v) is 6.80. The predicted molar refractivity (Wildman–Crippen MR) is 82.4 cm³/mol. The number of nitrogens with zero attached hydrogens (tertiary/aromatic N) is 1. The van der Waals surface area contributed by atoms with Crippen LogP contribution in [0.2, 0.25) is 0 Å². The van der Waals surface area contributed by atoms with Gasteiger partial charge in [0, 0.05) is 11.1 Å². The van der Waals surface area contributed by atoms with Crippen LogP contribution >= 0.6 is 0 Å². The lowest BCUT2D eigenvalue weighted by Crippen LogP contribution is -2.01. The van der Waals surface area contributed by atoms with Crippen molar-refractivity contribution >= 4 is 5.97 Å². The zero-order valence-electron chi connectivity index (χ0n) is 12.1. The molecule has 0 spiro atoms. The Labute approximate surface area is 131 Å². The molecule has 3 aromatic rings. The third-order valence-corrected chi connectivity index (χ3v) is 3.57. The van der Waals surface area contributed by atoms with E-state index in [4.69, 9.17) is 4.52 Å². The van der Waals surface area contributed by atoms with Crippen molar-refractivity contribution in [3.63, 3.8) is 0 Å². The first-order valence-electron chi connectivity index (χ1n) is 6.80. The molecule has 23 heavy (non-hydrogen) atoms. The van der Waals surface area contributed by atoms with Crippen molar-refractivity contribution in [2.75, 3.05) is 0 Å². The van der Waals surface area contributed by atoms with Gasteiger partial charge in [0.05, 0.1) is 17.3 Å². The van der Waals surface area contributed by atoms with E-state index in [1.54, 1.807) is 37.3 Å². The number of phenols is 2. The SMILES string of the molecule is Cc1cnoc1-c1c(C(=O)O)cc(-c2ccccc2)c(O)c1O. The minimum absolute atomic E-state index is 0.0929. The average molecular weight is 311 g/mol. The van der Waals surface area contributed by atoms with Crippen molar-refractivity contribution in [3.8, 4) is 33.9 Å². The summed E-state index contributed by atoms with van der Waals surface area (Å²) < 4.78 is 5.04. The van der Waals surface area contributed by atoms with Gasteiger partial charge in [0.25, 0.3) is 0 Å². The fourth-order valence-corrected chi connectivity index (χ4v) is 2.43. The van der Waals surface area contributed by atoms with E-state index in [-0.39, 0.29) is 22.5 Å². The monoisotopic (exact) mass is 311 g/mol. The summed E-state index contributed by atoms with van der Waals surface area (Å²) >= 11 is 0. The van der Waals surface area contributed by atoms with Gasteiger partial charge >= 0.3 is 5.97 Å². The highest BCUT2D eigenvalue weighted by Crippen LogP contribution is 2.46. The highest BCUT2D eigenvalue weighted by Gasteiger charge is 2.26. The van der Waals surface area contributed by atoms with E-state index in [0.717, 1.165) is 0 Å². The molecule has 6 nitrogen and oxygen atoms in total. The third kappa shape index (κ3) is 2.40. The summed E-state index contributed by atoms with van der Waals surface area (Å²) in [5, 5.41) is 33.8. The molecule has 0 aliphatic rings. The molecule has 0 atom stereocenters. The minimum Gasteiger partial charge on any atom is -0.504 e. The maximum absolute atomic E-state index is 11.6. The Balaban J connectivity index is 2.34. The fourth-order valence-electron chi connectivity index (χ4n) is 2.43. The molecule has 0 saturated carbocycles. The van der Waals surface area contributed by atoms with Gasteiger partial charge in [-0.05, 0) is 18.6 Å². The zero-order valence-corrected chi connectivity index (χ0v) is 12.1. The topological polar surface area (TPSA) is 104 Å². The highest BCUT2D eigenvalue weighted by atomic mass is 16.5. The molecule has 0 aliphatic carbocycles. The van der Waals surface area contributed by atoms with Gasteiger partial charge in [-0.3, -0.25) is 0 Å². The lowest BCUT2D eigenvalue weighted by Gasteiger charge is -2.13. The van der Waals surface area contributed by atoms with Gasteiger partial charge in [-0.1, -0.05) is 35.5 Å². The first kappa shape index (κ1) is 14.6. The summed E-state index contributed by atoms with van der Waals surface area (Å²) in [4.78, 5) is 11.6. The van der Waals surface area contributed by atoms with Gasteiger partial charge in [-0.2, -0.15) is 0 Å². The molecule has 0 radical (unpaired) electrons. The fraction of sp³-hybridized carbons (Fsp3) is 0.0588. The number of carbonyl (C=O) groups is 1. The molecular formula is C17H13NO5. The number of rotatable bonds is 3. The largest absolute Gasteiger partial charge is 0.504 e. The zero-order chi connectivity index (χ0) is 16.6. The van der Waals surface area contributed by atoms with Gasteiger partial charge in [0.1, 0.15) is 0 Å². The number of aryl methyl sites for hydroxylation is 1. The van der Waals surface area contributed by atoms with Gasteiger partial charge in [-0.25, -0.2) is 4.79 Å². The maximum atomic E-state index is 11.6. The summed E-state index contributed by atoms with van der Waals surface area (Å²) in [6.07, 6.45) is 1.41. The molecule has 0 bridgehead atoms. The molecule has 6 heteroatoms. The number of aromatic nitrogens is 1. The van der Waals surface area contributed by atoms with E-state index in [0.29, 0.717) is 11.1 Å². The van der Waals surface area contributed by atoms with E-state index in [2.05, 4.69) is 5.16 Å². The predicted octanol–water partition coefficient (Wildman–Crippen LogP) is 3.43. The standard InChI is InChI=1S/C17H13NO5/c1-9-8-18-23-16(9)13-12(17(21)22)7-11(14(19)15(13)20)10-5-3-2-4-6-10/h2-8,19-20H,1H3,(H,21,22). The molecule has 2 aromatic carbocycles. The Morgan fingerprint density at radius 1 is 1.13 bits per heavy atom. The number of carboxylic acids is 1. The van der Waals surface area contributed by atoms with Crippen LogP contribution in [0.25, 0.3) is 22.5 Å². The molecular weight excluding hydrogens is 298 g/mol. The quantitative estimate of drug-likeness (QED) is 0.640. The van der Waals surface area contributed by atoms with E-state index < -0.39 is 17.5 Å². The molecule has 0 saturated heterocycles. The number of phenolic OH excluding ortho intramolecular Hbond substituents is 2. The van der Waals surface area contributed by atoms with Crippen LogP contribution in [0.1, 0.15) is 15.9 Å². The number of aromatic carboxylic acids is 1. The van der Waals surface area contributed by atoms with E-state index in [1.807, 2.05) is 0 Å². The molecule has 0 aliphatic heterocycles. The summed E-state index contributed by atoms with van der Waals surface area (Å²) in [6.45, 7) is 1.67. The van der Waals surface area contributed by atoms with Crippen LogP contribution < -0.4 is 0 Å². The van der Waals surface area contributed by atoms with Gasteiger partial charge in [0.2, 0.25) is 0 Å². The minimum atomic E-state index is -1.25. The smallest absolute Gasteiger partial charge is 0.336 e. The summed E-state index contributed by atoms with van der Waals surface area (Å²) in [6, 6.07) is 10.0. The van der Waals surface area contributed by atoms with E-state index in [1.165, 1.54) is 12.3 Å². The van der Waals surface area contributed by atoms with Gasteiger partial charge in [-0.15, -0.1) is 0 Å². The number of carboxylic acid groups (broad SMARTS) is 1. The number of benzene rings is 2. The molecule has 0 amide bonds. The molecule has 1 aromatic heterocycles. The number of hydrogen-bond donors (Lipinski definition) is 3. The lowest BCUT2D eigenvalue weighted by molar-refractivity contribution is 0.0697. The van der Waals surface area contributed by atoms with E-state index >= 15 is 0 Å². The number of hydrogen-bond acceptors (Lipinski definition) is 5.